The third-order valence-electron chi connectivity index (χ3n) is 3.15. The largest absolute Gasteiger partial charge is 0.444 e. The van der Waals surface area contributed by atoms with Crippen LogP contribution in [0.25, 0.3) is 0 Å². The molecule has 1 heterocycles. The van der Waals surface area contributed by atoms with Crippen molar-refractivity contribution in [1.82, 2.24) is 15.1 Å². The summed E-state index contributed by atoms with van der Waals surface area (Å²) in [5.74, 6) is 0.637. The van der Waals surface area contributed by atoms with Crippen LogP contribution in [0.15, 0.2) is 0 Å². The molecule has 0 bridgehead atoms. The van der Waals surface area contributed by atoms with Crippen molar-refractivity contribution in [3.05, 3.63) is 0 Å². The molecule has 1 aliphatic rings. The van der Waals surface area contributed by atoms with E-state index in [2.05, 4.69) is 17.1 Å². The molecule has 0 spiro atoms. The highest BCUT2D eigenvalue weighted by atomic mass is 16.6. The van der Waals surface area contributed by atoms with Crippen molar-refractivity contribution in [2.75, 3.05) is 46.3 Å². The molecule has 1 atom stereocenters. The van der Waals surface area contributed by atoms with E-state index in [1.165, 1.54) is 0 Å². The fourth-order valence-electron chi connectivity index (χ4n) is 2.29. The SMILES string of the molecule is CNCC(C)CN1CCN(C(=O)OC(C)(C)C)CC1. The third kappa shape index (κ3) is 6.25. The average Bonchev–Trinajstić information content (AvgIpc) is 2.27. The van der Waals surface area contributed by atoms with Gasteiger partial charge in [0.1, 0.15) is 5.60 Å². The molecule has 1 fully saturated rings. The second-order valence-electron chi connectivity index (χ2n) is 6.43. The Kier molecular flexibility index (Phi) is 6.07. The van der Waals surface area contributed by atoms with Crippen LogP contribution in [0.4, 0.5) is 4.79 Å². The van der Waals surface area contributed by atoms with Crippen LogP contribution in [-0.2, 0) is 4.74 Å². The van der Waals surface area contributed by atoms with E-state index in [4.69, 9.17) is 4.74 Å². The molecule has 1 N–H and O–H groups in total. The maximum Gasteiger partial charge on any atom is 0.410 e. The van der Waals surface area contributed by atoms with Gasteiger partial charge in [-0.3, -0.25) is 4.90 Å². The van der Waals surface area contributed by atoms with Crippen molar-refractivity contribution >= 4 is 6.09 Å². The van der Waals surface area contributed by atoms with Gasteiger partial charge in [0.15, 0.2) is 0 Å². The van der Waals surface area contributed by atoms with Crippen molar-refractivity contribution in [1.29, 1.82) is 0 Å². The normalized spacial score (nSPS) is 19.3. The summed E-state index contributed by atoms with van der Waals surface area (Å²) >= 11 is 0. The number of hydrogen-bond acceptors (Lipinski definition) is 4. The van der Waals surface area contributed by atoms with Gasteiger partial charge in [0.25, 0.3) is 0 Å². The monoisotopic (exact) mass is 271 g/mol. The summed E-state index contributed by atoms with van der Waals surface area (Å²) in [6.07, 6.45) is -0.185. The molecule has 0 aromatic rings. The quantitative estimate of drug-likeness (QED) is 0.839. The van der Waals surface area contributed by atoms with Crippen molar-refractivity contribution in [3.8, 4) is 0 Å². The van der Waals surface area contributed by atoms with Gasteiger partial charge in [-0.2, -0.15) is 0 Å². The van der Waals surface area contributed by atoms with Crippen molar-refractivity contribution < 1.29 is 9.53 Å². The lowest BCUT2D eigenvalue weighted by atomic mass is 10.1. The molecule has 1 rings (SSSR count). The number of nitrogens with one attached hydrogen (secondary N) is 1. The highest BCUT2D eigenvalue weighted by molar-refractivity contribution is 5.68. The molecule has 19 heavy (non-hydrogen) atoms. The van der Waals surface area contributed by atoms with Crippen LogP contribution in [0.5, 0.6) is 0 Å². The zero-order valence-corrected chi connectivity index (χ0v) is 13.0. The van der Waals surface area contributed by atoms with E-state index >= 15 is 0 Å². The second kappa shape index (κ2) is 7.10. The van der Waals surface area contributed by atoms with Gasteiger partial charge < -0.3 is 15.0 Å². The van der Waals surface area contributed by atoms with E-state index in [0.717, 1.165) is 39.3 Å². The number of carbonyl (C=O) groups excluding carboxylic acids is 1. The minimum absolute atomic E-state index is 0.185. The van der Waals surface area contributed by atoms with Gasteiger partial charge >= 0.3 is 6.09 Å². The Morgan fingerprint density at radius 2 is 1.84 bits per heavy atom. The molecule has 1 unspecified atom stereocenters. The summed E-state index contributed by atoms with van der Waals surface area (Å²) in [5, 5.41) is 3.20. The molecule has 5 heteroatoms. The maximum atomic E-state index is 11.9. The van der Waals surface area contributed by atoms with Gasteiger partial charge in [-0.25, -0.2) is 4.79 Å². The summed E-state index contributed by atoms with van der Waals surface area (Å²) < 4.78 is 5.39. The van der Waals surface area contributed by atoms with E-state index in [1.54, 1.807) is 0 Å². The number of piperazine rings is 1. The van der Waals surface area contributed by atoms with E-state index in [-0.39, 0.29) is 6.09 Å². The molecule has 0 saturated carbocycles. The van der Waals surface area contributed by atoms with Gasteiger partial charge in [-0.15, -0.1) is 0 Å². The summed E-state index contributed by atoms with van der Waals surface area (Å²) in [6.45, 7) is 13.5. The first kappa shape index (κ1) is 16.2. The van der Waals surface area contributed by atoms with Gasteiger partial charge in [0.2, 0.25) is 0 Å². The molecule has 1 amide bonds. The van der Waals surface area contributed by atoms with Gasteiger partial charge in [-0.1, -0.05) is 6.92 Å². The predicted octanol–water partition coefficient (Wildman–Crippen LogP) is 1.39. The minimum atomic E-state index is -0.407. The van der Waals surface area contributed by atoms with E-state index in [9.17, 15) is 4.79 Å². The van der Waals surface area contributed by atoms with E-state index in [1.807, 2.05) is 32.7 Å². The van der Waals surface area contributed by atoms with Crippen molar-refractivity contribution in [2.45, 2.75) is 33.3 Å². The van der Waals surface area contributed by atoms with Crippen LogP contribution < -0.4 is 5.32 Å². The van der Waals surface area contributed by atoms with Crippen LogP contribution >= 0.6 is 0 Å². The first-order valence-corrected chi connectivity index (χ1v) is 7.16. The van der Waals surface area contributed by atoms with Crippen LogP contribution in [0, 0.1) is 5.92 Å². The molecule has 1 saturated heterocycles. The molecule has 0 aliphatic carbocycles. The Hall–Kier alpha value is -0.810. The maximum absolute atomic E-state index is 11.9. The summed E-state index contributed by atoms with van der Waals surface area (Å²) in [7, 11) is 1.98. The van der Waals surface area contributed by atoms with Crippen LogP contribution in [-0.4, -0.2) is 67.8 Å². The van der Waals surface area contributed by atoms with Crippen molar-refractivity contribution in [2.24, 2.45) is 5.92 Å². The number of carbonyl (C=O) groups is 1. The third-order valence-corrected chi connectivity index (χ3v) is 3.15. The summed E-state index contributed by atoms with van der Waals surface area (Å²) in [5.41, 5.74) is -0.407. The van der Waals surface area contributed by atoms with Crippen LogP contribution in [0.3, 0.4) is 0 Å². The molecule has 1 aliphatic heterocycles. The summed E-state index contributed by atoms with van der Waals surface area (Å²) in [6, 6.07) is 0. The topological polar surface area (TPSA) is 44.8 Å². The standard InChI is InChI=1S/C14H29N3O2/c1-12(10-15-5)11-16-6-8-17(9-7-16)13(18)19-14(2,3)4/h12,15H,6-11H2,1-5H3. The Morgan fingerprint density at radius 1 is 1.26 bits per heavy atom. The Labute approximate surface area is 117 Å². The fraction of sp³-hybridized carbons (Fsp3) is 0.929. The Bertz CT molecular complexity index is 281. The number of nitrogens with zero attached hydrogens (tertiary/aromatic N) is 2. The summed E-state index contributed by atoms with van der Waals surface area (Å²) in [4.78, 5) is 16.1. The minimum Gasteiger partial charge on any atom is -0.444 e. The zero-order valence-electron chi connectivity index (χ0n) is 13.0. The van der Waals surface area contributed by atoms with Gasteiger partial charge in [0, 0.05) is 32.7 Å². The van der Waals surface area contributed by atoms with E-state index in [0.29, 0.717) is 5.92 Å². The van der Waals surface area contributed by atoms with Crippen molar-refractivity contribution in [3.63, 3.8) is 0 Å². The molecule has 112 valence electrons. The highest BCUT2D eigenvalue weighted by Crippen LogP contribution is 2.12. The fourth-order valence-corrected chi connectivity index (χ4v) is 2.29. The lowest BCUT2D eigenvalue weighted by Gasteiger charge is -2.36. The number of rotatable bonds is 4. The number of amides is 1. The molecule has 0 aromatic heterocycles. The lowest BCUT2D eigenvalue weighted by Crippen LogP contribution is -2.51. The molecule has 5 nitrogen and oxygen atoms in total. The molecular formula is C14H29N3O2. The number of hydrogen-bond donors (Lipinski definition) is 1. The smallest absolute Gasteiger partial charge is 0.410 e. The molecule has 0 aromatic carbocycles. The van der Waals surface area contributed by atoms with E-state index < -0.39 is 5.60 Å². The lowest BCUT2D eigenvalue weighted by molar-refractivity contribution is 0.0135. The first-order chi connectivity index (χ1) is 8.81. The second-order valence-corrected chi connectivity index (χ2v) is 6.43. The Morgan fingerprint density at radius 3 is 2.32 bits per heavy atom. The van der Waals surface area contributed by atoms with Crippen LogP contribution in [0.1, 0.15) is 27.7 Å². The molecule has 0 radical (unpaired) electrons. The van der Waals surface area contributed by atoms with Crippen LogP contribution in [0.2, 0.25) is 0 Å². The number of ether oxygens (including phenoxy) is 1. The zero-order chi connectivity index (χ0) is 14.5. The highest BCUT2D eigenvalue weighted by Gasteiger charge is 2.26. The first-order valence-electron chi connectivity index (χ1n) is 7.16. The average molecular weight is 271 g/mol. The Balaban J connectivity index is 2.30. The predicted molar refractivity (Wildman–Crippen MR) is 77.3 cm³/mol. The van der Waals surface area contributed by atoms with Gasteiger partial charge in [-0.05, 0) is 40.3 Å². The van der Waals surface area contributed by atoms with Gasteiger partial charge in [0.05, 0.1) is 0 Å². The molecular weight excluding hydrogens is 242 g/mol.